The number of hydrogen-bond acceptors (Lipinski definition) is 7. The van der Waals surface area contributed by atoms with Crippen LogP contribution in [0.4, 0.5) is 11.6 Å². The molecule has 1 N–H and O–H groups in total. The van der Waals surface area contributed by atoms with Gasteiger partial charge in [-0.15, -0.1) is 0 Å². The van der Waals surface area contributed by atoms with Crippen LogP contribution in [0.2, 0.25) is 0 Å². The number of carbonyl (C=O) groups is 2. The molecule has 0 radical (unpaired) electrons. The molecule has 172 valence electrons. The fraction of sp³-hybridized carbons (Fsp3) is 0.240. The molecule has 0 bridgehead atoms. The summed E-state index contributed by atoms with van der Waals surface area (Å²) in [5.41, 5.74) is 2.84. The topological polar surface area (TPSA) is 104 Å². The molecule has 0 aliphatic carbocycles. The first kappa shape index (κ1) is 21.6. The number of rotatable bonds is 6. The summed E-state index contributed by atoms with van der Waals surface area (Å²) in [5.74, 6) is 0.607. The van der Waals surface area contributed by atoms with E-state index in [1.54, 1.807) is 18.5 Å². The predicted molar refractivity (Wildman–Crippen MR) is 127 cm³/mol. The second-order valence-electron chi connectivity index (χ2n) is 8.14. The van der Waals surface area contributed by atoms with Crippen LogP contribution in [-0.4, -0.2) is 58.0 Å². The Balaban J connectivity index is 1.12. The van der Waals surface area contributed by atoms with Gasteiger partial charge in [-0.3, -0.25) is 9.59 Å². The van der Waals surface area contributed by atoms with E-state index >= 15 is 0 Å². The standard InChI is InChI=1S/C25H24N6O3/c32-23(17-21-20-4-1-2-5-22(20)34-29-21)28-19-8-6-18(7-9-19)16-24(33)30-12-14-31(15-13-30)25-26-10-3-11-27-25/h1-11H,12-17H2,(H,28,32). The van der Waals surface area contributed by atoms with Crippen molar-refractivity contribution in [3.8, 4) is 0 Å². The average Bonchev–Trinajstić information content (AvgIpc) is 3.28. The molecule has 2 amide bonds. The molecule has 1 aliphatic rings. The summed E-state index contributed by atoms with van der Waals surface area (Å²) < 4.78 is 5.26. The quantitative estimate of drug-likeness (QED) is 0.476. The Hall–Kier alpha value is -4.27. The second-order valence-corrected chi connectivity index (χ2v) is 8.14. The lowest BCUT2D eigenvalue weighted by molar-refractivity contribution is -0.130. The van der Waals surface area contributed by atoms with Crippen molar-refractivity contribution in [2.45, 2.75) is 12.8 Å². The molecule has 0 atom stereocenters. The minimum atomic E-state index is -0.178. The monoisotopic (exact) mass is 456 g/mol. The van der Waals surface area contributed by atoms with Gasteiger partial charge in [0.15, 0.2) is 5.58 Å². The van der Waals surface area contributed by atoms with E-state index < -0.39 is 0 Å². The van der Waals surface area contributed by atoms with Crippen molar-refractivity contribution in [2.24, 2.45) is 0 Å². The van der Waals surface area contributed by atoms with Gasteiger partial charge in [-0.2, -0.15) is 0 Å². The molecule has 9 nitrogen and oxygen atoms in total. The highest BCUT2D eigenvalue weighted by molar-refractivity contribution is 5.94. The highest BCUT2D eigenvalue weighted by Crippen LogP contribution is 2.19. The number of benzene rings is 2. The zero-order valence-electron chi connectivity index (χ0n) is 18.6. The molecule has 4 aromatic rings. The largest absolute Gasteiger partial charge is 0.356 e. The molecule has 1 saturated heterocycles. The van der Waals surface area contributed by atoms with Crippen molar-refractivity contribution in [1.82, 2.24) is 20.0 Å². The zero-order chi connectivity index (χ0) is 23.3. The molecule has 34 heavy (non-hydrogen) atoms. The number of nitrogens with zero attached hydrogens (tertiary/aromatic N) is 5. The van der Waals surface area contributed by atoms with Crippen LogP contribution in [0.3, 0.4) is 0 Å². The maximum absolute atomic E-state index is 12.7. The third kappa shape index (κ3) is 4.88. The summed E-state index contributed by atoms with van der Waals surface area (Å²) in [6.07, 6.45) is 3.89. The lowest BCUT2D eigenvalue weighted by Crippen LogP contribution is -2.49. The summed E-state index contributed by atoms with van der Waals surface area (Å²) in [6, 6.07) is 16.6. The van der Waals surface area contributed by atoms with Crippen molar-refractivity contribution < 1.29 is 14.1 Å². The molecule has 3 heterocycles. The van der Waals surface area contributed by atoms with Crippen LogP contribution >= 0.6 is 0 Å². The maximum Gasteiger partial charge on any atom is 0.230 e. The maximum atomic E-state index is 12.7. The first-order valence-electron chi connectivity index (χ1n) is 11.2. The van der Waals surface area contributed by atoms with Crippen molar-refractivity contribution >= 4 is 34.4 Å². The summed E-state index contributed by atoms with van der Waals surface area (Å²) >= 11 is 0. The second kappa shape index (κ2) is 9.70. The number of amides is 2. The smallest absolute Gasteiger partial charge is 0.230 e. The Bertz CT molecular complexity index is 1280. The summed E-state index contributed by atoms with van der Waals surface area (Å²) in [5, 5.41) is 7.71. The first-order valence-corrected chi connectivity index (χ1v) is 11.2. The Morgan fingerprint density at radius 1 is 0.882 bits per heavy atom. The SMILES string of the molecule is O=C(Cc1noc2ccccc12)Nc1ccc(CC(=O)N2CCN(c3ncccn3)CC2)cc1. The fourth-order valence-electron chi connectivity index (χ4n) is 4.03. The predicted octanol–water partition coefficient (Wildman–Crippen LogP) is 2.69. The first-order chi connectivity index (χ1) is 16.7. The van der Waals surface area contributed by atoms with E-state index in [1.165, 1.54) is 0 Å². The fourth-order valence-corrected chi connectivity index (χ4v) is 4.03. The summed E-state index contributed by atoms with van der Waals surface area (Å²) in [6.45, 7) is 2.70. The Kier molecular flexibility index (Phi) is 6.15. The number of fused-ring (bicyclic) bond motifs is 1. The summed E-state index contributed by atoms with van der Waals surface area (Å²) in [4.78, 5) is 37.7. The Labute approximate surface area is 196 Å². The minimum Gasteiger partial charge on any atom is -0.356 e. The molecule has 2 aromatic heterocycles. The number of hydrogen-bond donors (Lipinski definition) is 1. The molecule has 0 saturated carbocycles. The van der Waals surface area contributed by atoms with Crippen LogP contribution < -0.4 is 10.2 Å². The number of anilines is 2. The van der Waals surface area contributed by atoms with Crippen molar-refractivity contribution in [1.29, 1.82) is 0 Å². The lowest BCUT2D eigenvalue weighted by atomic mass is 10.1. The number of nitrogens with one attached hydrogen (secondary N) is 1. The van der Waals surface area contributed by atoms with Gasteiger partial charge in [0.05, 0.1) is 12.8 Å². The van der Waals surface area contributed by atoms with Gasteiger partial charge in [0.1, 0.15) is 5.69 Å². The normalized spacial score (nSPS) is 13.8. The Morgan fingerprint density at radius 3 is 2.38 bits per heavy atom. The third-order valence-electron chi connectivity index (χ3n) is 5.84. The van der Waals surface area contributed by atoms with E-state index in [0.717, 1.165) is 10.9 Å². The molecule has 0 spiro atoms. The van der Waals surface area contributed by atoms with Gasteiger partial charge in [-0.05, 0) is 35.9 Å². The number of aromatic nitrogens is 3. The summed E-state index contributed by atoms with van der Waals surface area (Å²) in [7, 11) is 0. The number of para-hydroxylation sites is 1. The van der Waals surface area contributed by atoms with E-state index in [-0.39, 0.29) is 18.2 Å². The van der Waals surface area contributed by atoms with Crippen molar-refractivity contribution in [3.63, 3.8) is 0 Å². The van der Waals surface area contributed by atoms with E-state index in [0.29, 0.717) is 55.5 Å². The minimum absolute atomic E-state index is 0.0864. The van der Waals surface area contributed by atoms with E-state index in [2.05, 4.69) is 25.3 Å². The van der Waals surface area contributed by atoms with E-state index in [1.807, 2.05) is 53.4 Å². The lowest BCUT2D eigenvalue weighted by Gasteiger charge is -2.34. The molecule has 2 aromatic carbocycles. The van der Waals surface area contributed by atoms with E-state index in [4.69, 9.17) is 4.52 Å². The molecular formula is C25H24N6O3. The van der Waals surface area contributed by atoms with Crippen LogP contribution in [0.25, 0.3) is 11.0 Å². The third-order valence-corrected chi connectivity index (χ3v) is 5.84. The van der Waals surface area contributed by atoms with Gasteiger partial charge in [0.2, 0.25) is 17.8 Å². The van der Waals surface area contributed by atoms with Gasteiger partial charge in [0, 0.05) is 49.6 Å². The average molecular weight is 457 g/mol. The van der Waals surface area contributed by atoms with Crippen LogP contribution in [0.5, 0.6) is 0 Å². The number of carbonyl (C=O) groups excluding carboxylic acids is 2. The van der Waals surface area contributed by atoms with Crippen molar-refractivity contribution in [3.05, 3.63) is 78.2 Å². The zero-order valence-corrected chi connectivity index (χ0v) is 18.6. The van der Waals surface area contributed by atoms with Crippen LogP contribution in [0.1, 0.15) is 11.3 Å². The molecule has 1 fully saturated rings. The van der Waals surface area contributed by atoms with Gasteiger partial charge >= 0.3 is 0 Å². The molecule has 1 aliphatic heterocycles. The van der Waals surface area contributed by atoms with Crippen LogP contribution in [-0.2, 0) is 22.4 Å². The van der Waals surface area contributed by atoms with Gasteiger partial charge in [0.25, 0.3) is 0 Å². The van der Waals surface area contributed by atoms with Gasteiger partial charge < -0.3 is 19.6 Å². The number of piperazine rings is 1. The molecule has 9 heteroatoms. The van der Waals surface area contributed by atoms with Crippen molar-refractivity contribution in [2.75, 3.05) is 36.4 Å². The van der Waals surface area contributed by atoms with E-state index in [9.17, 15) is 9.59 Å². The highest BCUT2D eigenvalue weighted by atomic mass is 16.5. The van der Waals surface area contributed by atoms with Crippen LogP contribution in [0, 0.1) is 0 Å². The van der Waals surface area contributed by atoms with Crippen LogP contribution in [0.15, 0.2) is 71.5 Å². The highest BCUT2D eigenvalue weighted by Gasteiger charge is 2.22. The Morgan fingerprint density at radius 2 is 1.62 bits per heavy atom. The van der Waals surface area contributed by atoms with Gasteiger partial charge in [-0.1, -0.05) is 29.4 Å². The molecule has 0 unspecified atom stereocenters. The van der Waals surface area contributed by atoms with Gasteiger partial charge in [-0.25, -0.2) is 9.97 Å². The molecule has 5 rings (SSSR count). The molecular weight excluding hydrogens is 432 g/mol.